The van der Waals surface area contributed by atoms with E-state index in [1.165, 1.54) is 17.8 Å². The van der Waals surface area contributed by atoms with E-state index in [1.807, 2.05) is 18.2 Å². The Morgan fingerprint density at radius 3 is 2.76 bits per heavy atom. The normalized spacial score (nSPS) is 27.1. The number of likely N-dealkylation sites (N-methyl/N-ethyl adjacent to an activating group) is 1. The maximum absolute atomic E-state index is 15.6. The van der Waals surface area contributed by atoms with E-state index in [2.05, 4.69) is 27.9 Å². The summed E-state index contributed by atoms with van der Waals surface area (Å²) in [5.41, 5.74) is 1.52. The zero-order chi connectivity index (χ0) is 26.4. The smallest absolute Gasteiger partial charge is 0.326 e. The number of likely N-dealkylation sites (tertiary alicyclic amines) is 1. The van der Waals surface area contributed by atoms with Crippen molar-refractivity contribution >= 4 is 29.4 Å². The molecule has 3 amide bonds. The number of hydrogen-bond donors (Lipinski definition) is 3. The first kappa shape index (κ1) is 25.2. The Labute approximate surface area is 226 Å². The van der Waals surface area contributed by atoms with Gasteiger partial charge in [0.25, 0.3) is 5.91 Å². The van der Waals surface area contributed by atoms with Gasteiger partial charge in [-0.05, 0) is 70.1 Å². The van der Waals surface area contributed by atoms with Crippen molar-refractivity contribution in [2.45, 2.75) is 43.6 Å². The summed E-state index contributed by atoms with van der Waals surface area (Å²) < 4.78 is 21.5. The Balaban J connectivity index is 1.27. The zero-order valence-corrected chi connectivity index (χ0v) is 22.3. The molecule has 38 heavy (non-hydrogen) atoms. The van der Waals surface area contributed by atoms with E-state index in [-0.39, 0.29) is 35.0 Å². The number of ether oxygens (including phenoxy) is 1. The molecular weight excluding hydrogens is 505 g/mol. The van der Waals surface area contributed by atoms with Crippen LogP contribution in [0.5, 0.6) is 11.5 Å². The van der Waals surface area contributed by atoms with Gasteiger partial charge in [-0.1, -0.05) is 30.0 Å². The molecule has 8 nitrogen and oxygen atoms in total. The van der Waals surface area contributed by atoms with Gasteiger partial charge in [0.2, 0.25) is 0 Å². The maximum atomic E-state index is 15.6. The van der Waals surface area contributed by atoms with Gasteiger partial charge in [0.15, 0.2) is 5.82 Å². The van der Waals surface area contributed by atoms with Gasteiger partial charge in [-0.3, -0.25) is 9.69 Å². The summed E-state index contributed by atoms with van der Waals surface area (Å²) in [6.07, 6.45) is 2.64. The second-order valence-electron chi connectivity index (χ2n) is 10.5. The molecule has 4 heterocycles. The average Bonchev–Trinajstić information content (AvgIpc) is 3.25. The Bertz CT molecular complexity index is 1270. The molecule has 2 aromatic rings. The molecule has 3 fully saturated rings. The number of piperidine rings is 2. The van der Waals surface area contributed by atoms with Crippen LogP contribution in [0.3, 0.4) is 0 Å². The molecule has 0 saturated carbocycles. The number of rotatable bonds is 5. The summed E-state index contributed by atoms with van der Waals surface area (Å²) in [7, 11) is 2.06. The second-order valence-corrected chi connectivity index (χ2v) is 11.6. The number of nitrogens with one attached hydrogen (secondary N) is 3. The molecule has 0 aliphatic carbocycles. The molecular formula is C28H32FN5O3S. The minimum absolute atomic E-state index is 0.0642. The highest BCUT2D eigenvalue weighted by atomic mass is 32.2. The van der Waals surface area contributed by atoms with Gasteiger partial charge in [0, 0.05) is 30.3 Å². The molecule has 200 valence electrons. The zero-order valence-electron chi connectivity index (χ0n) is 21.5. The number of carbonyl (C=O) groups is 2. The fourth-order valence-corrected chi connectivity index (χ4v) is 7.51. The largest absolute Gasteiger partial charge is 0.457 e. The number of para-hydroxylation sites is 1. The van der Waals surface area contributed by atoms with Crippen molar-refractivity contribution < 1.29 is 18.7 Å². The van der Waals surface area contributed by atoms with Crippen molar-refractivity contribution in [3.05, 3.63) is 64.4 Å². The Hall–Kier alpha value is -3.08. The quantitative estimate of drug-likeness (QED) is 0.536. The summed E-state index contributed by atoms with van der Waals surface area (Å²) in [6.45, 7) is 4.31. The third-order valence-electron chi connectivity index (χ3n) is 7.75. The van der Waals surface area contributed by atoms with Crippen molar-refractivity contribution in [3.63, 3.8) is 0 Å². The lowest BCUT2D eigenvalue weighted by atomic mass is 9.86. The van der Waals surface area contributed by atoms with Gasteiger partial charge in [-0.2, -0.15) is 0 Å². The van der Waals surface area contributed by atoms with Gasteiger partial charge < -0.3 is 25.6 Å². The van der Waals surface area contributed by atoms with Crippen LogP contribution in [-0.4, -0.2) is 61.0 Å². The average molecular weight is 538 g/mol. The fraction of sp³-hybridized carbons (Fsp3) is 0.429. The molecule has 3 unspecified atom stereocenters. The summed E-state index contributed by atoms with van der Waals surface area (Å²) in [5, 5.41) is 9.59. The van der Waals surface area contributed by atoms with E-state index in [9.17, 15) is 9.59 Å². The summed E-state index contributed by atoms with van der Waals surface area (Å²) in [6, 6.07) is 11.7. The minimum atomic E-state index is -0.515. The summed E-state index contributed by atoms with van der Waals surface area (Å²) in [4.78, 5) is 31.2. The number of amides is 3. The Morgan fingerprint density at radius 1 is 1.18 bits per heavy atom. The molecule has 3 saturated heterocycles. The van der Waals surface area contributed by atoms with Gasteiger partial charge in [0.1, 0.15) is 11.5 Å². The van der Waals surface area contributed by atoms with Crippen molar-refractivity contribution in [1.29, 1.82) is 0 Å². The lowest BCUT2D eigenvalue weighted by Crippen LogP contribution is -2.62. The number of thioether (sulfide) groups is 1. The number of aryl methyl sites for hydroxylation is 1. The number of halogens is 1. The van der Waals surface area contributed by atoms with Crippen molar-refractivity contribution in [1.82, 2.24) is 20.9 Å². The molecule has 0 bridgehead atoms. The van der Waals surface area contributed by atoms with Gasteiger partial charge in [-0.25, -0.2) is 9.18 Å². The van der Waals surface area contributed by atoms with Crippen LogP contribution in [0.25, 0.3) is 0 Å². The Morgan fingerprint density at radius 2 is 2.00 bits per heavy atom. The molecule has 4 aliphatic rings. The monoisotopic (exact) mass is 537 g/mol. The van der Waals surface area contributed by atoms with Crippen LogP contribution in [0.4, 0.5) is 14.9 Å². The minimum Gasteiger partial charge on any atom is -0.457 e. The number of anilines is 1. The molecule has 4 aliphatic heterocycles. The molecule has 0 radical (unpaired) electrons. The fourth-order valence-electron chi connectivity index (χ4n) is 6.11. The van der Waals surface area contributed by atoms with E-state index >= 15 is 4.39 Å². The molecule has 4 atom stereocenters. The maximum Gasteiger partial charge on any atom is 0.326 e. The standard InChI is InChI=1S/C28H32FN5O3S/c1-16-13-19(37-18-8-4-3-5-9-18)14-20(29)24(16)34-21-10-11-30-27-22(21)23(32-28(34)36)25(38-27)26(35)31-17-7-6-12-33(2)15-17/h3-5,8-9,13-14,17,21-22,27,30H,6-7,10-12,15H2,1-2H3,(H,31,35)(H,32,36)/t17-,21?,22?,27?/m1/s1. The van der Waals surface area contributed by atoms with Crippen molar-refractivity contribution in [2.24, 2.45) is 5.92 Å². The summed E-state index contributed by atoms with van der Waals surface area (Å²) >= 11 is 1.47. The predicted molar refractivity (Wildman–Crippen MR) is 146 cm³/mol. The number of benzene rings is 2. The first-order chi connectivity index (χ1) is 18.4. The van der Waals surface area contributed by atoms with Crippen molar-refractivity contribution in [2.75, 3.05) is 31.6 Å². The van der Waals surface area contributed by atoms with Gasteiger partial charge >= 0.3 is 6.03 Å². The van der Waals surface area contributed by atoms with Crippen LogP contribution >= 0.6 is 11.8 Å². The van der Waals surface area contributed by atoms with E-state index in [0.29, 0.717) is 40.6 Å². The number of nitrogens with zero attached hydrogens (tertiary/aromatic N) is 2. The molecule has 3 N–H and O–H groups in total. The van der Waals surface area contributed by atoms with Crippen LogP contribution in [0.2, 0.25) is 0 Å². The van der Waals surface area contributed by atoms with Crippen LogP contribution in [0.15, 0.2) is 53.1 Å². The lowest BCUT2D eigenvalue weighted by molar-refractivity contribution is -0.117. The highest BCUT2D eigenvalue weighted by Gasteiger charge is 2.52. The third-order valence-corrected chi connectivity index (χ3v) is 9.11. The van der Waals surface area contributed by atoms with E-state index in [0.717, 1.165) is 25.9 Å². The number of carbonyl (C=O) groups excluding carboxylic acids is 2. The topological polar surface area (TPSA) is 85.9 Å². The molecule has 2 aromatic carbocycles. The number of hydrogen-bond acceptors (Lipinski definition) is 6. The van der Waals surface area contributed by atoms with Crippen LogP contribution in [0.1, 0.15) is 24.8 Å². The van der Waals surface area contributed by atoms with Crippen LogP contribution in [-0.2, 0) is 4.79 Å². The van der Waals surface area contributed by atoms with E-state index in [1.54, 1.807) is 30.0 Å². The van der Waals surface area contributed by atoms with Crippen LogP contribution in [0, 0.1) is 18.7 Å². The molecule has 10 heteroatoms. The van der Waals surface area contributed by atoms with Crippen molar-refractivity contribution in [3.8, 4) is 11.5 Å². The molecule has 0 spiro atoms. The van der Waals surface area contributed by atoms with Gasteiger partial charge in [-0.15, -0.1) is 0 Å². The first-order valence-electron chi connectivity index (χ1n) is 13.2. The summed E-state index contributed by atoms with van der Waals surface area (Å²) in [5.74, 6) is 0.192. The van der Waals surface area contributed by atoms with Gasteiger partial charge in [0.05, 0.1) is 22.0 Å². The second kappa shape index (κ2) is 10.2. The Kier molecular flexibility index (Phi) is 6.79. The van der Waals surface area contributed by atoms with Crippen LogP contribution < -0.4 is 25.6 Å². The highest BCUT2D eigenvalue weighted by molar-refractivity contribution is 8.04. The number of urea groups is 1. The lowest BCUT2D eigenvalue weighted by Gasteiger charge is -2.46. The van der Waals surface area contributed by atoms with E-state index < -0.39 is 11.8 Å². The SMILES string of the molecule is Cc1cc(Oc2ccccc2)cc(F)c1N1C(=O)NC2=C(C(=O)N[C@@H]3CCCN(C)C3)SC3NCCC1C23. The first-order valence-corrected chi connectivity index (χ1v) is 14.0. The third kappa shape index (κ3) is 4.65. The highest BCUT2D eigenvalue weighted by Crippen LogP contribution is 2.48. The predicted octanol–water partition coefficient (Wildman–Crippen LogP) is 3.93. The molecule has 0 aromatic heterocycles. The van der Waals surface area contributed by atoms with E-state index in [4.69, 9.17) is 4.74 Å². The molecule has 6 rings (SSSR count).